The second-order valence-corrected chi connectivity index (χ2v) is 5.39. The molecule has 0 saturated carbocycles. The van der Waals surface area contributed by atoms with Crippen molar-refractivity contribution in [3.8, 4) is 11.5 Å². The van der Waals surface area contributed by atoms with Crippen LogP contribution in [0.25, 0.3) is 0 Å². The minimum atomic E-state index is 0.537. The molecule has 0 fully saturated rings. The number of rotatable bonds is 5. The van der Waals surface area contributed by atoms with Crippen LogP contribution in [-0.2, 0) is 6.54 Å². The molecule has 2 rings (SSSR count). The number of nitrogens with one attached hydrogen (secondary N) is 1. The fourth-order valence-electron chi connectivity index (χ4n) is 2.06. The van der Waals surface area contributed by atoms with Crippen LogP contribution < -0.4 is 14.8 Å². The van der Waals surface area contributed by atoms with Crippen molar-refractivity contribution in [1.29, 1.82) is 0 Å². The van der Waals surface area contributed by atoms with Crippen molar-refractivity contribution in [3.63, 3.8) is 0 Å². The molecular weight excluding hydrogens is 309 g/mol. The lowest BCUT2D eigenvalue weighted by atomic mass is 10.1. The van der Waals surface area contributed by atoms with Crippen molar-refractivity contribution in [2.75, 3.05) is 19.5 Å². The third-order valence-corrected chi connectivity index (χ3v) is 3.96. The third kappa shape index (κ3) is 3.55. The van der Waals surface area contributed by atoms with Crippen molar-refractivity contribution < 1.29 is 9.47 Å². The first-order valence-electron chi connectivity index (χ1n) is 6.46. The van der Waals surface area contributed by atoms with Gasteiger partial charge in [-0.1, -0.05) is 29.3 Å². The van der Waals surface area contributed by atoms with E-state index in [-0.39, 0.29) is 0 Å². The standard InChI is InChI=1S/C16H17Cl2NO2/c1-10-7-15(20-2)16(21-3)8-14(10)19-9-11-12(17)5-4-6-13(11)18/h4-8,19H,9H2,1-3H3. The molecule has 0 amide bonds. The summed E-state index contributed by atoms with van der Waals surface area (Å²) in [5.74, 6) is 1.38. The Kier molecular flexibility index (Phi) is 5.21. The van der Waals surface area contributed by atoms with Gasteiger partial charge in [0.25, 0.3) is 0 Å². The molecule has 0 atom stereocenters. The highest BCUT2D eigenvalue weighted by atomic mass is 35.5. The van der Waals surface area contributed by atoms with E-state index in [4.69, 9.17) is 32.7 Å². The van der Waals surface area contributed by atoms with Crippen LogP contribution >= 0.6 is 23.2 Å². The van der Waals surface area contributed by atoms with E-state index in [2.05, 4.69) is 5.32 Å². The highest BCUT2D eigenvalue weighted by molar-refractivity contribution is 6.36. The summed E-state index contributed by atoms with van der Waals surface area (Å²) in [7, 11) is 3.23. The van der Waals surface area contributed by atoms with Gasteiger partial charge < -0.3 is 14.8 Å². The molecule has 0 aliphatic heterocycles. The molecule has 0 spiro atoms. The fourth-order valence-corrected chi connectivity index (χ4v) is 2.59. The smallest absolute Gasteiger partial charge is 0.162 e. The minimum Gasteiger partial charge on any atom is -0.493 e. The number of aryl methyl sites for hydroxylation is 1. The van der Waals surface area contributed by atoms with Crippen molar-refractivity contribution in [3.05, 3.63) is 51.5 Å². The monoisotopic (exact) mass is 325 g/mol. The molecule has 3 nitrogen and oxygen atoms in total. The van der Waals surface area contributed by atoms with Gasteiger partial charge in [0.15, 0.2) is 11.5 Å². The predicted molar refractivity (Wildman–Crippen MR) is 88.1 cm³/mol. The van der Waals surface area contributed by atoms with E-state index in [1.54, 1.807) is 14.2 Å². The zero-order valence-electron chi connectivity index (χ0n) is 12.2. The van der Waals surface area contributed by atoms with Gasteiger partial charge in [0.1, 0.15) is 0 Å². The molecule has 0 bridgehead atoms. The minimum absolute atomic E-state index is 0.537. The van der Waals surface area contributed by atoms with Crippen molar-refractivity contribution in [2.45, 2.75) is 13.5 Å². The fraction of sp³-hybridized carbons (Fsp3) is 0.250. The van der Waals surface area contributed by atoms with Crippen LogP contribution in [0.2, 0.25) is 10.0 Å². The summed E-state index contributed by atoms with van der Waals surface area (Å²) in [5, 5.41) is 4.63. The number of benzene rings is 2. The predicted octanol–water partition coefficient (Wildman–Crippen LogP) is 4.93. The van der Waals surface area contributed by atoms with Gasteiger partial charge in [-0.05, 0) is 30.7 Å². The molecule has 5 heteroatoms. The van der Waals surface area contributed by atoms with Crippen molar-refractivity contribution >= 4 is 28.9 Å². The summed E-state index contributed by atoms with van der Waals surface area (Å²) in [6.07, 6.45) is 0. The van der Waals surface area contributed by atoms with Crippen LogP contribution in [0, 0.1) is 6.92 Å². The van der Waals surface area contributed by atoms with E-state index in [1.165, 1.54) is 0 Å². The van der Waals surface area contributed by atoms with Gasteiger partial charge in [0.05, 0.1) is 14.2 Å². The molecule has 112 valence electrons. The lowest BCUT2D eigenvalue weighted by molar-refractivity contribution is 0.355. The SMILES string of the molecule is COc1cc(C)c(NCc2c(Cl)cccc2Cl)cc1OC. The lowest BCUT2D eigenvalue weighted by Gasteiger charge is -2.15. The Bertz CT molecular complexity index is 624. The average molecular weight is 326 g/mol. The first kappa shape index (κ1) is 15.8. The van der Waals surface area contributed by atoms with E-state index in [9.17, 15) is 0 Å². The molecule has 0 heterocycles. The summed E-state index contributed by atoms with van der Waals surface area (Å²) in [5.41, 5.74) is 2.87. The molecule has 0 aromatic heterocycles. The second kappa shape index (κ2) is 6.92. The topological polar surface area (TPSA) is 30.5 Å². The van der Waals surface area contributed by atoms with Gasteiger partial charge in [-0.15, -0.1) is 0 Å². The normalized spacial score (nSPS) is 10.3. The number of hydrogen-bond donors (Lipinski definition) is 1. The van der Waals surface area contributed by atoms with Crippen LogP contribution in [-0.4, -0.2) is 14.2 Å². The second-order valence-electron chi connectivity index (χ2n) is 4.58. The van der Waals surface area contributed by atoms with Gasteiger partial charge in [0, 0.05) is 33.9 Å². The molecular formula is C16H17Cl2NO2. The molecule has 0 aliphatic carbocycles. The van der Waals surface area contributed by atoms with Gasteiger partial charge in [-0.25, -0.2) is 0 Å². The molecule has 21 heavy (non-hydrogen) atoms. The van der Waals surface area contributed by atoms with Crippen LogP contribution in [0.3, 0.4) is 0 Å². The summed E-state index contributed by atoms with van der Waals surface area (Å²) < 4.78 is 10.6. The largest absolute Gasteiger partial charge is 0.493 e. The van der Waals surface area contributed by atoms with Crippen molar-refractivity contribution in [1.82, 2.24) is 0 Å². The summed E-state index contributed by atoms with van der Waals surface area (Å²) in [6, 6.07) is 9.31. The van der Waals surface area contributed by atoms with Crippen LogP contribution in [0.4, 0.5) is 5.69 Å². The van der Waals surface area contributed by atoms with E-state index < -0.39 is 0 Å². The Morgan fingerprint density at radius 2 is 1.57 bits per heavy atom. The lowest BCUT2D eigenvalue weighted by Crippen LogP contribution is -2.03. The maximum absolute atomic E-state index is 6.17. The summed E-state index contributed by atoms with van der Waals surface area (Å²) in [6.45, 7) is 2.54. The van der Waals surface area contributed by atoms with Crippen molar-refractivity contribution in [2.24, 2.45) is 0 Å². The summed E-state index contributed by atoms with van der Waals surface area (Å²) >= 11 is 12.3. The molecule has 2 aromatic carbocycles. The number of methoxy groups -OCH3 is 2. The van der Waals surface area contributed by atoms with E-state index in [0.29, 0.717) is 28.1 Å². The first-order valence-corrected chi connectivity index (χ1v) is 7.21. The highest BCUT2D eigenvalue weighted by Crippen LogP contribution is 2.33. The third-order valence-electron chi connectivity index (χ3n) is 3.25. The number of hydrogen-bond acceptors (Lipinski definition) is 3. The van der Waals surface area contributed by atoms with Gasteiger partial charge in [0.2, 0.25) is 0 Å². The van der Waals surface area contributed by atoms with E-state index in [0.717, 1.165) is 16.8 Å². The quantitative estimate of drug-likeness (QED) is 0.845. The van der Waals surface area contributed by atoms with Crippen LogP contribution in [0.15, 0.2) is 30.3 Å². The molecule has 0 saturated heterocycles. The number of ether oxygens (including phenoxy) is 2. The molecule has 1 N–H and O–H groups in total. The maximum Gasteiger partial charge on any atom is 0.162 e. The zero-order valence-corrected chi connectivity index (χ0v) is 13.7. The Morgan fingerprint density at radius 1 is 1.00 bits per heavy atom. The van der Waals surface area contributed by atoms with Gasteiger partial charge >= 0.3 is 0 Å². The molecule has 0 aliphatic rings. The number of anilines is 1. The Morgan fingerprint density at radius 3 is 2.14 bits per heavy atom. The molecule has 0 unspecified atom stereocenters. The molecule has 0 radical (unpaired) electrons. The summed E-state index contributed by atoms with van der Waals surface area (Å²) in [4.78, 5) is 0. The average Bonchev–Trinajstić information content (AvgIpc) is 2.47. The molecule has 2 aromatic rings. The highest BCUT2D eigenvalue weighted by Gasteiger charge is 2.10. The van der Waals surface area contributed by atoms with Crippen LogP contribution in [0.1, 0.15) is 11.1 Å². The first-order chi connectivity index (χ1) is 10.1. The maximum atomic E-state index is 6.17. The van der Waals surface area contributed by atoms with Gasteiger partial charge in [-0.3, -0.25) is 0 Å². The number of halogens is 2. The van der Waals surface area contributed by atoms with E-state index in [1.807, 2.05) is 37.3 Å². The zero-order chi connectivity index (χ0) is 15.4. The Hall–Kier alpha value is -1.58. The Labute approximate surface area is 134 Å². The van der Waals surface area contributed by atoms with Gasteiger partial charge in [-0.2, -0.15) is 0 Å². The Balaban J connectivity index is 2.24. The van der Waals surface area contributed by atoms with E-state index >= 15 is 0 Å². The van der Waals surface area contributed by atoms with Crippen LogP contribution in [0.5, 0.6) is 11.5 Å².